The van der Waals surface area contributed by atoms with E-state index >= 15 is 0 Å². The smallest absolute Gasteiger partial charge is 0.0497 e. The van der Waals surface area contributed by atoms with Crippen LogP contribution in [0.15, 0.2) is 218 Å². The maximum atomic E-state index is 2.67. The Morgan fingerprint density at radius 1 is 0.261 bits per heavy atom. The molecule has 0 aliphatic heterocycles. The average molecular weight is 900 g/mol. The van der Waals surface area contributed by atoms with Crippen LogP contribution in [-0.4, -0.2) is 4.57 Å². The Labute approximate surface area is 412 Å². The Morgan fingerprint density at radius 3 is 0.783 bits per heavy atom. The Morgan fingerprint density at radius 2 is 0.507 bits per heavy atom. The van der Waals surface area contributed by atoms with E-state index in [-0.39, 0.29) is 0 Å². The number of aryl methyl sites for hydroxylation is 1. The molecule has 0 unspecified atom stereocenters. The van der Waals surface area contributed by atoms with Crippen LogP contribution in [0.4, 0.5) is 0 Å². The first-order valence-electron chi connectivity index (χ1n) is 26.2. The minimum Gasteiger partial charge on any atom is -0.340 e. The molecule has 0 saturated heterocycles. The predicted molar refractivity (Wildman–Crippen MR) is 298 cm³/mol. The third-order valence-corrected chi connectivity index (χ3v) is 14.1. The molecule has 0 aliphatic carbocycles. The van der Waals surface area contributed by atoms with E-state index in [2.05, 4.69) is 230 Å². The van der Waals surface area contributed by atoms with Gasteiger partial charge >= 0.3 is 0 Å². The van der Waals surface area contributed by atoms with Gasteiger partial charge in [0.2, 0.25) is 0 Å². The fourth-order valence-corrected chi connectivity index (χ4v) is 10.6. The zero-order chi connectivity index (χ0) is 46.9. The van der Waals surface area contributed by atoms with Crippen LogP contribution in [0.1, 0.15) is 141 Å². The van der Waals surface area contributed by atoms with Crippen LogP contribution in [0.5, 0.6) is 0 Å². The highest BCUT2D eigenvalue weighted by Crippen LogP contribution is 2.42. The van der Waals surface area contributed by atoms with Gasteiger partial charge in [-0.15, -0.1) is 0 Å². The molecule has 9 rings (SSSR count). The highest BCUT2D eigenvalue weighted by molar-refractivity contribution is 6.13. The molecule has 0 radical (unpaired) electrons. The molecular formula is C68H69N. The number of unbranched alkanes of at least 4 members (excludes halogenated alkanes) is 13. The van der Waals surface area contributed by atoms with Gasteiger partial charge in [-0.2, -0.15) is 0 Å². The number of benzene rings is 8. The first-order valence-corrected chi connectivity index (χ1v) is 26.2. The maximum Gasteiger partial charge on any atom is 0.0497 e. The molecule has 8 aromatic carbocycles. The van der Waals surface area contributed by atoms with Crippen molar-refractivity contribution in [3.63, 3.8) is 0 Å². The lowest BCUT2D eigenvalue weighted by molar-refractivity contribution is 0.528. The molecule has 346 valence electrons. The van der Waals surface area contributed by atoms with Crippen LogP contribution in [0.2, 0.25) is 0 Å². The topological polar surface area (TPSA) is 4.93 Å². The average Bonchev–Trinajstić information content (AvgIpc) is 3.72. The molecule has 0 bridgehead atoms. The summed E-state index contributed by atoms with van der Waals surface area (Å²) in [4.78, 5) is 0. The molecule has 1 heterocycles. The lowest BCUT2D eigenvalue weighted by Gasteiger charge is -2.19. The van der Waals surface area contributed by atoms with E-state index in [9.17, 15) is 0 Å². The fraction of sp³-hybridized carbons (Fsp3) is 0.235. The van der Waals surface area contributed by atoms with Gasteiger partial charge < -0.3 is 4.57 Å². The van der Waals surface area contributed by atoms with Gasteiger partial charge in [0.15, 0.2) is 0 Å². The Balaban J connectivity index is 1.15. The lowest BCUT2D eigenvalue weighted by atomic mass is 9.85. The number of rotatable bonds is 23. The van der Waals surface area contributed by atoms with Gasteiger partial charge in [0.05, 0.1) is 0 Å². The van der Waals surface area contributed by atoms with Gasteiger partial charge in [-0.05, 0) is 85.4 Å². The first kappa shape index (κ1) is 47.1. The van der Waals surface area contributed by atoms with Crippen molar-refractivity contribution in [2.75, 3.05) is 0 Å². The monoisotopic (exact) mass is 900 g/mol. The van der Waals surface area contributed by atoms with Crippen molar-refractivity contribution in [3.8, 4) is 0 Å². The summed E-state index contributed by atoms with van der Waals surface area (Å²) in [6.45, 7) is 3.27. The van der Waals surface area contributed by atoms with Crippen molar-refractivity contribution in [2.45, 2.75) is 103 Å². The molecule has 0 aliphatic rings. The van der Waals surface area contributed by atoms with Crippen molar-refractivity contribution < 1.29 is 0 Å². The molecule has 9 aromatic rings. The molecule has 1 heteroatoms. The Bertz CT molecular complexity index is 2760. The maximum absolute atomic E-state index is 2.67. The summed E-state index contributed by atoms with van der Waals surface area (Å²) in [5.41, 5.74) is 17.3. The van der Waals surface area contributed by atoms with E-state index in [4.69, 9.17) is 0 Å². The third-order valence-electron chi connectivity index (χ3n) is 14.1. The molecular weight excluding hydrogens is 831 g/mol. The molecule has 0 fully saturated rings. The van der Waals surface area contributed by atoms with E-state index in [1.165, 1.54) is 172 Å². The Kier molecular flexibility index (Phi) is 16.6. The summed E-state index contributed by atoms with van der Waals surface area (Å²) in [7, 11) is 0. The summed E-state index contributed by atoms with van der Waals surface area (Å²) >= 11 is 0. The SMILES string of the molecule is CCCCCCCCCCCCCCCCn1c2cc(C(=C(c3ccccc3)c3ccccc3)c3ccccc3)ccc2c2ccc(C(=C(c3ccccc3)c3ccccc3)c3ccccc3)cc21. The van der Waals surface area contributed by atoms with Crippen molar-refractivity contribution >= 4 is 44.1 Å². The number of hydrogen-bond acceptors (Lipinski definition) is 0. The summed E-state index contributed by atoms with van der Waals surface area (Å²) in [6, 6.07) is 80.4. The van der Waals surface area contributed by atoms with Crippen LogP contribution >= 0.6 is 0 Å². The van der Waals surface area contributed by atoms with Crippen molar-refractivity contribution in [1.29, 1.82) is 0 Å². The second-order valence-corrected chi connectivity index (χ2v) is 18.9. The predicted octanol–water partition coefficient (Wildman–Crippen LogP) is 19.3. The summed E-state index contributed by atoms with van der Waals surface area (Å²) < 4.78 is 2.67. The van der Waals surface area contributed by atoms with Crippen molar-refractivity contribution in [3.05, 3.63) is 263 Å². The molecule has 0 N–H and O–H groups in total. The number of hydrogen-bond donors (Lipinski definition) is 0. The van der Waals surface area contributed by atoms with Crippen molar-refractivity contribution in [2.24, 2.45) is 0 Å². The quantitative estimate of drug-likeness (QED) is 0.0445. The second-order valence-electron chi connectivity index (χ2n) is 18.9. The molecule has 1 nitrogen and oxygen atoms in total. The van der Waals surface area contributed by atoms with Crippen LogP contribution < -0.4 is 0 Å². The van der Waals surface area contributed by atoms with Gasteiger partial charge in [0.25, 0.3) is 0 Å². The summed E-state index contributed by atoms with van der Waals surface area (Å²) in [6.07, 6.45) is 18.9. The van der Waals surface area contributed by atoms with Gasteiger partial charge in [-0.25, -0.2) is 0 Å². The van der Waals surface area contributed by atoms with Crippen LogP contribution in [0.25, 0.3) is 44.1 Å². The zero-order valence-corrected chi connectivity index (χ0v) is 40.8. The molecule has 69 heavy (non-hydrogen) atoms. The van der Waals surface area contributed by atoms with E-state index in [1.54, 1.807) is 0 Å². The highest BCUT2D eigenvalue weighted by Gasteiger charge is 2.21. The van der Waals surface area contributed by atoms with E-state index in [1.807, 2.05) is 0 Å². The molecule has 0 amide bonds. The van der Waals surface area contributed by atoms with Crippen LogP contribution in [0.3, 0.4) is 0 Å². The Hall–Kier alpha value is -6.96. The summed E-state index contributed by atoms with van der Waals surface area (Å²) in [5.74, 6) is 0. The standard InChI is InChI=1S/C68H69N/c1-2-3-4-5-6-7-8-9-10-11-12-13-14-33-50-69-63-51-59(67(57-42-29-19-30-43-57)65(53-34-21-15-22-35-53)54-36-23-16-24-37-54)46-48-61(63)62-49-47-60(52-64(62)69)68(58-44-31-20-32-45-58)66(55-38-25-17-26-39-55)56-40-27-18-28-41-56/h15-32,34-49,51-52H,2-14,33,50H2,1H3. The molecule has 0 saturated carbocycles. The zero-order valence-electron chi connectivity index (χ0n) is 40.8. The van der Waals surface area contributed by atoms with Gasteiger partial charge in [0, 0.05) is 28.4 Å². The normalized spacial score (nSPS) is 11.3. The highest BCUT2D eigenvalue weighted by atomic mass is 15.0. The second kappa shape index (κ2) is 24.4. The van der Waals surface area contributed by atoms with Crippen LogP contribution in [0, 0.1) is 0 Å². The minimum atomic E-state index is 0.966. The van der Waals surface area contributed by atoms with E-state index in [0.29, 0.717) is 0 Å². The van der Waals surface area contributed by atoms with Gasteiger partial charge in [-0.3, -0.25) is 0 Å². The third kappa shape index (κ3) is 11.7. The van der Waals surface area contributed by atoms with Crippen LogP contribution in [-0.2, 0) is 6.54 Å². The van der Waals surface area contributed by atoms with Gasteiger partial charge in [-0.1, -0.05) is 297 Å². The fourth-order valence-electron chi connectivity index (χ4n) is 10.6. The molecule has 0 spiro atoms. The van der Waals surface area contributed by atoms with Crippen molar-refractivity contribution in [1.82, 2.24) is 4.57 Å². The largest absolute Gasteiger partial charge is 0.340 e. The number of nitrogens with zero attached hydrogens (tertiary/aromatic N) is 1. The lowest BCUT2D eigenvalue weighted by Crippen LogP contribution is -2.01. The summed E-state index contributed by atoms with van der Waals surface area (Å²) in [5, 5.41) is 2.60. The molecule has 0 atom stereocenters. The number of fused-ring (bicyclic) bond motifs is 3. The molecule has 1 aromatic heterocycles. The first-order chi connectivity index (χ1) is 34.3. The van der Waals surface area contributed by atoms with Gasteiger partial charge in [0.1, 0.15) is 0 Å². The van der Waals surface area contributed by atoms with E-state index < -0.39 is 0 Å². The van der Waals surface area contributed by atoms with E-state index in [0.717, 1.165) is 13.0 Å². The minimum absolute atomic E-state index is 0.966. The number of aromatic nitrogens is 1.